The fourth-order valence-corrected chi connectivity index (χ4v) is 4.71. The molecule has 1 aromatic heterocycles. The lowest BCUT2D eigenvalue weighted by atomic mass is 9.93. The van der Waals surface area contributed by atoms with Gasteiger partial charge in [0.05, 0.1) is 33.5 Å². The van der Waals surface area contributed by atoms with Crippen molar-refractivity contribution in [3.63, 3.8) is 0 Å². The summed E-state index contributed by atoms with van der Waals surface area (Å²) in [6.45, 7) is 4.36. The second-order valence-electron chi connectivity index (χ2n) is 9.00. The molecule has 1 aliphatic heterocycles. The second kappa shape index (κ2) is 11.4. The van der Waals surface area contributed by atoms with E-state index in [1.165, 1.54) is 0 Å². The topological polar surface area (TPSA) is 109 Å². The van der Waals surface area contributed by atoms with Gasteiger partial charge in [-0.05, 0) is 56.3 Å². The van der Waals surface area contributed by atoms with Gasteiger partial charge < -0.3 is 29.6 Å². The summed E-state index contributed by atoms with van der Waals surface area (Å²) in [6, 6.07) is 19.7. The molecule has 1 aliphatic rings. The number of aromatic nitrogens is 3. The molecule has 40 heavy (non-hydrogen) atoms. The smallest absolute Gasteiger partial charge is 0.255 e. The lowest BCUT2D eigenvalue weighted by Gasteiger charge is -2.30. The molecule has 0 bridgehead atoms. The predicted molar refractivity (Wildman–Crippen MR) is 152 cm³/mol. The Bertz CT molecular complexity index is 1550. The molecule has 1 unspecified atom stereocenters. The van der Waals surface area contributed by atoms with Gasteiger partial charge in [0, 0.05) is 28.6 Å². The molecule has 0 radical (unpaired) electrons. The molecule has 5 rings (SSSR count). The maximum atomic E-state index is 13.8. The van der Waals surface area contributed by atoms with Gasteiger partial charge in [0.15, 0.2) is 17.3 Å². The van der Waals surface area contributed by atoms with Crippen molar-refractivity contribution in [1.82, 2.24) is 14.8 Å². The van der Waals surface area contributed by atoms with Gasteiger partial charge in [0.25, 0.3) is 5.91 Å². The number of benzene rings is 3. The Morgan fingerprint density at radius 3 is 2.27 bits per heavy atom. The first kappa shape index (κ1) is 26.6. The maximum absolute atomic E-state index is 13.8. The van der Waals surface area contributed by atoms with E-state index < -0.39 is 6.04 Å². The van der Waals surface area contributed by atoms with Gasteiger partial charge in [-0.3, -0.25) is 4.79 Å². The van der Waals surface area contributed by atoms with Gasteiger partial charge in [-0.2, -0.15) is 4.98 Å². The number of hydrogen-bond donors (Lipinski definition) is 2. The van der Waals surface area contributed by atoms with Crippen molar-refractivity contribution in [2.45, 2.75) is 19.9 Å². The largest absolute Gasteiger partial charge is 0.496 e. The maximum Gasteiger partial charge on any atom is 0.255 e. The third-order valence-electron chi connectivity index (χ3n) is 6.58. The zero-order valence-corrected chi connectivity index (χ0v) is 23.0. The van der Waals surface area contributed by atoms with Gasteiger partial charge >= 0.3 is 0 Å². The van der Waals surface area contributed by atoms with Gasteiger partial charge in [0.1, 0.15) is 17.5 Å². The van der Waals surface area contributed by atoms with E-state index in [4.69, 9.17) is 29.0 Å². The van der Waals surface area contributed by atoms with Gasteiger partial charge in [-0.15, -0.1) is 5.10 Å². The Hall–Kier alpha value is -4.99. The molecule has 3 aromatic carbocycles. The number of hydrogen-bond acceptors (Lipinski definition) is 8. The molecule has 1 atom stereocenters. The number of anilines is 2. The summed E-state index contributed by atoms with van der Waals surface area (Å²) in [4.78, 5) is 18.6. The van der Waals surface area contributed by atoms with Crippen LogP contribution in [0.4, 0.5) is 11.6 Å². The van der Waals surface area contributed by atoms with Gasteiger partial charge in [0.2, 0.25) is 5.95 Å². The quantitative estimate of drug-likeness (QED) is 0.294. The van der Waals surface area contributed by atoms with Crippen LogP contribution in [0, 0.1) is 0 Å². The van der Waals surface area contributed by atoms with E-state index in [0.29, 0.717) is 58.1 Å². The summed E-state index contributed by atoms with van der Waals surface area (Å²) in [5, 5.41) is 11.1. The summed E-state index contributed by atoms with van der Waals surface area (Å²) in [7, 11) is 4.69. The molecule has 2 heterocycles. The number of carbonyl (C=O) groups excluding carboxylic acids is 1. The van der Waals surface area contributed by atoms with Crippen LogP contribution in [0.2, 0.25) is 0 Å². The molecule has 1 amide bonds. The third-order valence-corrected chi connectivity index (χ3v) is 6.58. The minimum Gasteiger partial charge on any atom is -0.496 e. The van der Waals surface area contributed by atoms with E-state index in [2.05, 4.69) is 10.6 Å². The number of methoxy groups -OCH3 is 3. The number of ether oxygens (including phenoxy) is 4. The predicted octanol–water partition coefficient (Wildman–Crippen LogP) is 5.30. The van der Waals surface area contributed by atoms with E-state index in [0.717, 1.165) is 11.3 Å². The molecule has 0 saturated carbocycles. The average molecular weight is 542 g/mol. The molecule has 206 valence electrons. The number of fused-ring (bicyclic) bond motifs is 1. The molecular formula is C30H31N5O5. The highest BCUT2D eigenvalue weighted by Gasteiger charge is 2.37. The number of nitrogens with one attached hydrogen (secondary N) is 2. The minimum atomic E-state index is -0.696. The van der Waals surface area contributed by atoms with Crippen LogP contribution < -0.4 is 29.6 Å². The number of allylic oxidation sites excluding steroid dienone is 1. The molecule has 2 N–H and O–H groups in total. The van der Waals surface area contributed by atoms with Crippen molar-refractivity contribution in [1.29, 1.82) is 0 Å². The van der Waals surface area contributed by atoms with E-state index in [1.807, 2.05) is 68.4 Å². The summed E-state index contributed by atoms with van der Waals surface area (Å²) >= 11 is 0. The summed E-state index contributed by atoms with van der Waals surface area (Å²) in [5.74, 6) is 2.95. The van der Waals surface area contributed by atoms with Crippen molar-refractivity contribution in [2.24, 2.45) is 0 Å². The normalized spacial score (nSPS) is 14.2. The standard InChI is InChI=1S/C30H31N5O5/c1-6-40-21-14-12-19(13-15-21)28-33-30-31-18(2)26(29(36)32-20-10-8-7-9-11-20)27(35(30)34-28)22-16-24(38-4)25(39-5)17-23(22)37-3/h7-17,27H,6H2,1-5H3,(H,32,36)(H,31,33,34). The van der Waals surface area contributed by atoms with Crippen molar-refractivity contribution in [2.75, 3.05) is 38.6 Å². The molecule has 10 heteroatoms. The number of nitrogens with zero attached hydrogens (tertiary/aromatic N) is 3. The second-order valence-corrected chi connectivity index (χ2v) is 9.00. The van der Waals surface area contributed by atoms with Crippen LogP contribution in [0.1, 0.15) is 25.5 Å². The lowest BCUT2D eigenvalue weighted by molar-refractivity contribution is -0.113. The molecule has 0 spiro atoms. The highest BCUT2D eigenvalue weighted by atomic mass is 16.5. The van der Waals surface area contributed by atoms with Crippen molar-refractivity contribution >= 4 is 17.5 Å². The van der Waals surface area contributed by atoms with E-state index in [-0.39, 0.29) is 5.91 Å². The Morgan fingerprint density at radius 2 is 1.62 bits per heavy atom. The number of para-hydroxylation sites is 1. The van der Waals surface area contributed by atoms with Gasteiger partial charge in [-0.25, -0.2) is 4.68 Å². The Balaban J connectivity index is 1.65. The minimum absolute atomic E-state index is 0.290. The molecule has 0 aliphatic carbocycles. The summed E-state index contributed by atoms with van der Waals surface area (Å²) in [5.41, 5.74) is 3.21. The van der Waals surface area contributed by atoms with Crippen molar-refractivity contribution in [3.05, 3.63) is 83.6 Å². The highest BCUT2D eigenvalue weighted by molar-refractivity contribution is 6.06. The zero-order valence-electron chi connectivity index (χ0n) is 23.0. The Morgan fingerprint density at radius 1 is 0.950 bits per heavy atom. The number of amides is 1. The Labute approximate surface area is 232 Å². The fourth-order valence-electron chi connectivity index (χ4n) is 4.71. The monoisotopic (exact) mass is 541 g/mol. The van der Waals surface area contributed by atoms with Gasteiger partial charge in [-0.1, -0.05) is 18.2 Å². The average Bonchev–Trinajstić information content (AvgIpc) is 3.40. The van der Waals surface area contributed by atoms with Crippen LogP contribution in [0.15, 0.2) is 78.0 Å². The van der Waals surface area contributed by atoms with Crippen LogP contribution in [0.3, 0.4) is 0 Å². The molecule has 0 saturated heterocycles. The fraction of sp³-hybridized carbons (Fsp3) is 0.233. The van der Waals surface area contributed by atoms with Crippen molar-refractivity contribution < 1.29 is 23.7 Å². The van der Waals surface area contributed by atoms with E-state index >= 15 is 0 Å². The first-order chi connectivity index (χ1) is 19.5. The van der Waals surface area contributed by atoms with Crippen molar-refractivity contribution in [3.8, 4) is 34.4 Å². The van der Waals surface area contributed by atoms with E-state index in [1.54, 1.807) is 38.1 Å². The van der Waals surface area contributed by atoms with Crippen LogP contribution in [-0.2, 0) is 4.79 Å². The third kappa shape index (κ3) is 5.03. The summed E-state index contributed by atoms with van der Waals surface area (Å²) < 4.78 is 24.2. The van der Waals surface area contributed by atoms with Crippen LogP contribution in [0.25, 0.3) is 11.4 Å². The lowest BCUT2D eigenvalue weighted by Crippen LogP contribution is -2.31. The van der Waals surface area contributed by atoms with E-state index in [9.17, 15) is 4.79 Å². The first-order valence-electron chi connectivity index (χ1n) is 12.8. The van der Waals surface area contributed by atoms with Crippen LogP contribution in [0.5, 0.6) is 23.0 Å². The first-order valence-corrected chi connectivity index (χ1v) is 12.8. The molecular weight excluding hydrogens is 510 g/mol. The number of carbonyl (C=O) groups is 1. The summed E-state index contributed by atoms with van der Waals surface area (Å²) in [6.07, 6.45) is 0. The zero-order chi connectivity index (χ0) is 28.2. The molecule has 0 fully saturated rings. The van der Waals surface area contributed by atoms with Crippen LogP contribution >= 0.6 is 0 Å². The number of rotatable bonds is 9. The molecule has 4 aromatic rings. The Kier molecular flexibility index (Phi) is 7.59. The SMILES string of the molecule is CCOc1ccc(-c2nc3n(n2)C(c2cc(OC)c(OC)cc2OC)C(C(=O)Nc2ccccc2)=C(C)N3)cc1. The van der Waals surface area contributed by atoms with Crippen LogP contribution in [-0.4, -0.2) is 48.6 Å². The molecule has 10 nitrogen and oxygen atoms in total. The highest BCUT2D eigenvalue weighted by Crippen LogP contribution is 2.44.